The van der Waals surface area contributed by atoms with E-state index in [1.807, 2.05) is 12.1 Å². The first-order chi connectivity index (χ1) is 9.13. The van der Waals surface area contributed by atoms with Gasteiger partial charge in [0.1, 0.15) is 0 Å². The van der Waals surface area contributed by atoms with E-state index < -0.39 is 0 Å². The molecule has 19 heavy (non-hydrogen) atoms. The highest BCUT2D eigenvalue weighted by Gasteiger charge is 2.34. The van der Waals surface area contributed by atoms with Gasteiger partial charge >= 0.3 is 0 Å². The molecule has 0 radical (unpaired) electrons. The van der Waals surface area contributed by atoms with Crippen LogP contribution in [0.4, 0.5) is 0 Å². The van der Waals surface area contributed by atoms with Crippen LogP contribution in [0.5, 0.6) is 0 Å². The molecule has 3 rings (SSSR count). The second kappa shape index (κ2) is 5.06. The van der Waals surface area contributed by atoms with Gasteiger partial charge in [-0.05, 0) is 37.0 Å². The summed E-state index contributed by atoms with van der Waals surface area (Å²) in [7, 11) is 0. The Kier molecular flexibility index (Phi) is 3.41. The zero-order valence-electron chi connectivity index (χ0n) is 10.6. The number of nitrogens with zero attached hydrogens (tertiary/aromatic N) is 2. The van der Waals surface area contributed by atoms with Crippen LogP contribution in [0.2, 0.25) is 0 Å². The Hall–Kier alpha value is -1.20. The summed E-state index contributed by atoms with van der Waals surface area (Å²) in [6, 6.07) is 8.12. The largest absolute Gasteiger partial charge is 0.339 e. The fourth-order valence-corrected chi connectivity index (χ4v) is 2.82. The molecule has 5 heteroatoms. The van der Waals surface area contributed by atoms with Crippen LogP contribution in [-0.4, -0.2) is 15.7 Å². The Morgan fingerprint density at radius 1 is 1.37 bits per heavy atom. The van der Waals surface area contributed by atoms with Crippen molar-refractivity contribution in [3.63, 3.8) is 0 Å². The van der Waals surface area contributed by atoms with Crippen LogP contribution in [-0.2, 0) is 12.8 Å². The highest BCUT2D eigenvalue weighted by Crippen LogP contribution is 2.31. The zero-order chi connectivity index (χ0) is 13.3. The third-order valence-electron chi connectivity index (χ3n) is 3.61. The predicted molar refractivity (Wildman–Crippen MR) is 75.7 cm³/mol. The molecule has 1 aromatic carbocycles. The van der Waals surface area contributed by atoms with Crippen molar-refractivity contribution in [3.05, 3.63) is 46.0 Å². The molecule has 1 heterocycles. The number of hydrogen-bond donors (Lipinski definition) is 1. The standard InChI is InChI=1S/C14H16BrN3O/c15-11-4-1-3-10(7-11)8-12-17-13(19-18-12)9-14(16)5-2-6-14/h1,3-4,7H,2,5-6,8-9,16H2. The monoisotopic (exact) mass is 321 g/mol. The second-order valence-electron chi connectivity index (χ2n) is 5.30. The predicted octanol–water partition coefficient (Wildman–Crippen LogP) is 2.85. The Morgan fingerprint density at radius 3 is 2.89 bits per heavy atom. The summed E-state index contributed by atoms with van der Waals surface area (Å²) >= 11 is 3.46. The second-order valence-corrected chi connectivity index (χ2v) is 6.22. The van der Waals surface area contributed by atoms with Gasteiger partial charge in [-0.2, -0.15) is 4.98 Å². The van der Waals surface area contributed by atoms with Crippen LogP contribution in [0.15, 0.2) is 33.3 Å². The average Bonchev–Trinajstić information content (AvgIpc) is 2.74. The topological polar surface area (TPSA) is 64.9 Å². The average molecular weight is 322 g/mol. The van der Waals surface area contributed by atoms with Gasteiger partial charge in [0.25, 0.3) is 0 Å². The molecule has 2 N–H and O–H groups in total. The lowest BCUT2D eigenvalue weighted by Gasteiger charge is -2.36. The van der Waals surface area contributed by atoms with Gasteiger partial charge in [0, 0.05) is 22.9 Å². The Balaban J connectivity index is 1.67. The smallest absolute Gasteiger partial charge is 0.228 e. The molecule has 0 amide bonds. The normalized spacial score (nSPS) is 17.2. The maximum atomic E-state index is 6.18. The van der Waals surface area contributed by atoms with Gasteiger partial charge in [0.15, 0.2) is 5.82 Å². The van der Waals surface area contributed by atoms with Crippen molar-refractivity contribution in [2.24, 2.45) is 5.73 Å². The molecule has 0 atom stereocenters. The summed E-state index contributed by atoms with van der Waals surface area (Å²) in [6.07, 6.45) is 4.68. The number of halogens is 1. The molecule has 100 valence electrons. The van der Waals surface area contributed by atoms with E-state index in [0.717, 1.165) is 28.7 Å². The van der Waals surface area contributed by atoms with Crippen molar-refractivity contribution in [2.75, 3.05) is 0 Å². The van der Waals surface area contributed by atoms with Crippen LogP contribution < -0.4 is 5.73 Å². The van der Waals surface area contributed by atoms with Gasteiger partial charge in [0.05, 0.1) is 0 Å². The molecule has 4 nitrogen and oxygen atoms in total. The SMILES string of the molecule is NC1(Cc2nc(Cc3cccc(Br)c3)no2)CCC1. The van der Waals surface area contributed by atoms with E-state index >= 15 is 0 Å². The van der Waals surface area contributed by atoms with Crippen molar-refractivity contribution in [3.8, 4) is 0 Å². The van der Waals surface area contributed by atoms with Gasteiger partial charge < -0.3 is 10.3 Å². The number of rotatable bonds is 4. The number of aromatic nitrogens is 2. The lowest BCUT2D eigenvalue weighted by Crippen LogP contribution is -2.48. The fourth-order valence-electron chi connectivity index (χ4n) is 2.37. The van der Waals surface area contributed by atoms with E-state index in [1.54, 1.807) is 0 Å². The molecule has 0 aliphatic heterocycles. The third-order valence-corrected chi connectivity index (χ3v) is 4.11. The molecule has 0 unspecified atom stereocenters. The molecular formula is C14H16BrN3O. The highest BCUT2D eigenvalue weighted by molar-refractivity contribution is 9.10. The van der Waals surface area contributed by atoms with E-state index in [2.05, 4.69) is 38.2 Å². The highest BCUT2D eigenvalue weighted by atomic mass is 79.9. The molecular weight excluding hydrogens is 306 g/mol. The van der Waals surface area contributed by atoms with Gasteiger partial charge in [0.2, 0.25) is 5.89 Å². The summed E-state index contributed by atoms with van der Waals surface area (Å²) in [6.45, 7) is 0. The maximum Gasteiger partial charge on any atom is 0.228 e. The third kappa shape index (κ3) is 3.04. The minimum absolute atomic E-state index is 0.112. The minimum atomic E-state index is -0.112. The van der Waals surface area contributed by atoms with Gasteiger partial charge in [-0.25, -0.2) is 0 Å². The Labute approximate surface area is 120 Å². The molecule has 1 fully saturated rings. The van der Waals surface area contributed by atoms with Crippen LogP contribution in [0.3, 0.4) is 0 Å². The van der Waals surface area contributed by atoms with Crippen LogP contribution in [0.25, 0.3) is 0 Å². The van der Waals surface area contributed by atoms with E-state index in [-0.39, 0.29) is 5.54 Å². The van der Waals surface area contributed by atoms with Crippen molar-refractivity contribution < 1.29 is 4.52 Å². The molecule has 0 bridgehead atoms. The van der Waals surface area contributed by atoms with Gasteiger partial charge in [-0.1, -0.05) is 33.2 Å². The Bertz CT molecular complexity index is 578. The van der Waals surface area contributed by atoms with E-state index in [4.69, 9.17) is 10.3 Å². The van der Waals surface area contributed by atoms with Crippen molar-refractivity contribution >= 4 is 15.9 Å². The lowest BCUT2D eigenvalue weighted by molar-refractivity contribution is 0.221. The first-order valence-corrected chi connectivity index (χ1v) is 7.27. The number of nitrogens with two attached hydrogens (primary N) is 1. The zero-order valence-corrected chi connectivity index (χ0v) is 12.2. The summed E-state index contributed by atoms with van der Waals surface area (Å²) in [5, 5.41) is 4.03. The Morgan fingerprint density at radius 2 is 2.21 bits per heavy atom. The number of benzene rings is 1. The maximum absolute atomic E-state index is 6.18. The quantitative estimate of drug-likeness (QED) is 0.940. The van der Waals surface area contributed by atoms with E-state index in [0.29, 0.717) is 18.7 Å². The van der Waals surface area contributed by atoms with Crippen LogP contribution >= 0.6 is 15.9 Å². The summed E-state index contributed by atoms with van der Waals surface area (Å²) < 4.78 is 6.35. The molecule has 1 saturated carbocycles. The van der Waals surface area contributed by atoms with Crippen LogP contribution in [0.1, 0.15) is 36.5 Å². The van der Waals surface area contributed by atoms with Crippen molar-refractivity contribution in [1.82, 2.24) is 10.1 Å². The fraction of sp³-hybridized carbons (Fsp3) is 0.429. The first-order valence-electron chi connectivity index (χ1n) is 6.48. The summed E-state index contributed by atoms with van der Waals surface area (Å²) in [5.74, 6) is 1.38. The van der Waals surface area contributed by atoms with Crippen LogP contribution in [0, 0.1) is 0 Å². The van der Waals surface area contributed by atoms with Crippen molar-refractivity contribution in [2.45, 2.75) is 37.6 Å². The first kappa shape index (κ1) is 12.8. The molecule has 0 spiro atoms. The van der Waals surface area contributed by atoms with Gasteiger partial charge in [-0.3, -0.25) is 0 Å². The number of hydrogen-bond acceptors (Lipinski definition) is 4. The summed E-state index contributed by atoms with van der Waals surface area (Å²) in [4.78, 5) is 4.43. The molecule has 1 aliphatic carbocycles. The molecule has 2 aromatic rings. The van der Waals surface area contributed by atoms with Gasteiger partial charge in [-0.15, -0.1) is 0 Å². The molecule has 0 saturated heterocycles. The van der Waals surface area contributed by atoms with E-state index in [9.17, 15) is 0 Å². The summed E-state index contributed by atoms with van der Waals surface area (Å²) in [5.41, 5.74) is 7.23. The lowest BCUT2D eigenvalue weighted by atomic mass is 9.75. The van der Waals surface area contributed by atoms with E-state index in [1.165, 1.54) is 6.42 Å². The van der Waals surface area contributed by atoms with Crippen molar-refractivity contribution in [1.29, 1.82) is 0 Å². The minimum Gasteiger partial charge on any atom is -0.339 e. The molecule has 1 aliphatic rings. The molecule has 1 aromatic heterocycles.